The molecule has 0 spiro atoms. The maximum absolute atomic E-state index is 11.2. The van der Waals surface area contributed by atoms with Crippen LogP contribution >= 0.6 is 0 Å². The van der Waals surface area contributed by atoms with Gasteiger partial charge >= 0.3 is 5.97 Å². The summed E-state index contributed by atoms with van der Waals surface area (Å²) in [5.41, 5.74) is 2.28. The van der Waals surface area contributed by atoms with Gasteiger partial charge in [-0.3, -0.25) is 4.79 Å². The number of carbonyl (C=O) groups is 1. The second-order valence-corrected chi connectivity index (χ2v) is 5.00. The van der Waals surface area contributed by atoms with Crippen LogP contribution in [0.2, 0.25) is 0 Å². The van der Waals surface area contributed by atoms with Crippen LogP contribution in [0.25, 0.3) is 0 Å². The molecule has 2 rings (SSSR count). The van der Waals surface area contributed by atoms with E-state index in [9.17, 15) is 9.90 Å². The van der Waals surface area contributed by atoms with E-state index in [1.165, 1.54) is 18.4 Å². The first-order valence-electron chi connectivity index (χ1n) is 5.92. The molecule has 1 fully saturated rings. The lowest BCUT2D eigenvalue weighted by molar-refractivity contribution is -0.139. The Morgan fingerprint density at radius 2 is 1.81 bits per heavy atom. The lowest BCUT2D eigenvalue weighted by Crippen LogP contribution is -2.17. The lowest BCUT2D eigenvalue weighted by Gasteiger charge is -2.16. The molecule has 0 heterocycles. The molecule has 1 aliphatic carbocycles. The van der Waals surface area contributed by atoms with E-state index < -0.39 is 5.97 Å². The van der Waals surface area contributed by atoms with Gasteiger partial charge in [0.25, 0.3) is 0 Å². The van der Waals surface area contributed by atoms with Crippen LogP contribution in [-0.2, 0) is 4.79 Å². The predicted octanol–water partition coefficient (Wildman–Crippen LogP) is 3.39. The highest BCUT2D eigenvalue weighted by Gasteiger charge is 2.26. The molecule has 1 aromatic carbocycles. The van der Waals surface area contributed by atoms with Gasteiger partial charge in [-0.25, -0.2) is 0 Å². The van der Waals surface area contributed by atoms with Crippen LogP contribution in [0.5, 0.6) is 0 Å². The van der Waals surface area contributed by atoms with Crippen molar-refractivity contribution in [3.8, 4) is 0 Å². The first-order valence-corrected chi connectivity index (χ1v) is 5.92. The second kappa shape index (κ2) is 4.28. The van der Waals surface area contributed by atoms with Crippen molar-refractivity contribution in [2.75, 3.05) is 0 Å². The summed E-state index contributed by atoms with van der Waals surface area (Å²) in [6.07, 6.45) is 2.57. The topological polar surface area (TPSA) is 37.3 Å². The van der Waals surface area contributed by atoms with Crippen LogP contribution < -0.4 is 0 Å². The molecule has 0 aromatic heterocycles. The summed E-state index contributed by atoms with van der Waals surface area (Å²) >= 11 is 0. The Morgan fingerprint density at radius 3 is 2.19 bits per heavy atom. The molecule has 0 aliphatic heterocycles. The van der Waals surface area contributed by atoms with Crippen LogP contribution in [0.4, 0.5) is 0 Å². The molecule has 1 aliphatic rings. The number of carboxylic acids is 1. The van der Waals surface area contributed by atoms with Crippen molar-refractivity contribution < 1.29 is 9.90 Å². The Bertz CT molecular complexity index is 374. The van der Waals surface area contributed by atoms with E-state index in [2.05, 4.69) is 12.1 Å². The van der Waals surface area contributed by atoms with E-state index in [0.29, 0.717) is 0 Å². The van der Waals surface area contributed by atoms with E-state index >= 15 is 0 Å². The highest BCUT2D eigenvalue weighted by atomic mass is 16.4. The standard InChI is InChI=1S/C14H18O2/c1-9(2)13(14(15)16)12-7-5-11(6-8-12)10-3-4-10/h5-10,13H,3-4H2,1-2H3,(H,15,16). The number of hydrogen-bond acceptors (Lipinski definition) is 1. The summed E-state index contributed by atoms with van der Waals surface area (Å²) in [5.74, 6) is -0.247. The molecule has 0 amide bonds. The summed E-state index contributed by atoms with van der Waals surface area (Å²) in [6, 6.07) is 8.13. The summed E-state index contributed by atoms with van der Waals surface area (Å²) < 4.78 is 0. The first-order chi connectivity index (χ1) is 7.59. The van der Waals surface area contributed by atoms with E-state index in [0.717, 1.165) is 11.5 Å². The Hall–Kier alpha value is -1.31. The number of benzene rings is 1. The van der Waals surface area contributed by atoms with Gasteiger partial charge < -0.3 is 5.11 Å². The Balaban J connectivity index is 2.21. The van der Waals surface area contributed by atoms with Gasteiger partial charge in [-0.15, -0.1) is 0 Å². The van der Waals surface area contributed by atoms with Crippen molar-refractivity contribution in [2.45, 2.75) is 38.5 Å². The monoisotopic (exact) mass is 218 g/mol. The zero-order valence-corrected chi connectivity index (χ0v) is 9.81. The third kappa shape index (κ3) is 2.26. The average molecular weight is 218 g/mol. The lowest BCUT2D eigenvalue weighted by atomic mass is 9.88. The summed E-state index contributed by atoms with van der Waals surface area (Å²) in [5, 5.41) is 9.19. The van der Waals surface area contributed by atoms with Gasteiger partial charge in [0.05, 0.1) is 5.92 Å². The fraction of sp³-hybridized carbons (Fsp3) is 0.500. The molecule has 1 aromatic rings. The summed E-state index contributed by atoms with van der Waals surface area (Å²) in [4.78, 5) is 11.2. The molecule has 1 unspecified atom stereocenters. The number of hydrogen-bond donors (Lipinski definition) is 1. The first kappa shape index (κ1) is 11.2. The number of rotatable bonds is 4. The van der Waals surface area contributed by atoms with E-state index in [-0.39, 0.29) is 11.8 Å². The summed E-state index contributed by atoms with van der Waals surface area (Å²) in [7, 11) is 0. The van der Waals surface area contributed by atoms with Gasteiger partial charge in [-0.2, -0.15) is 0 Å². The molecule has 0 bridgehead atoms. The van der Waals surface area contributed by atoms with Crippen molar-refractivity contribution in [3.63, 3.8) is 0 Å². The van der Waals surface area contributed by atoms with Crippen molar-refractivity contribution in [1.82, 2.24) is 0 Å². The molecule has 1 saturated carbocycles. The quantitative estimate of drug-likeness (QED) is 0.841. The third-order valence-electron chi connectivity index (χ3n) is 3.28. The smallest absolute Gasteiger partial charge is 0.311 e. The van der Waals surface area contributed by atoms with E-state index in [1.54, 1.807) is 0 Å². The minimum Gasteiger partial charge on any atom is -0.481 e. The highest BCUT2D eigenvalue weighted by molar-refractivity contribution is 5.76. The van der Waals surface area contributed by atoms with Crippen LogP contribution in [0.3, 0.4) is 0 Å². The SMILES string of the molecule is CC(C)C(C(=O)O)c1ccc(C2CC2)cc1. The van der Waals surface area contributed by atoms with Gasteiger partial charge in [-0.1, -0.05) is 38.1 Å². The highest BCUT2D eigenvalue weighted by Crippen LogP contribution is 2.40. The Morgan fingerprint density at radius 1 is 1.25 bits per heavy atom. The van der Waals surface area contributed by atoms with Gasteiger partial charge in [-0.05, 0) is 35.8 Å². The number of aliphatic carboxylic acids is 1. The largest absolute Gasteiger partial charge is 0.481 e. The molecular formula is C14H18O2. The van der Waals surface area contributed by atoms with Crippen LogP contribution in [0.1, 0.15) is 49.7 Å². The fourth-order valence-electron chi connectivity index (χ4n) is 2.20. The van der Waals surface area contributed by atoms with Crippen molar-refractivity contribution >= 4 is 5.97 Å². The second-order valence-electron chi connectivity index (χ2n) is 5.00. The minimum absolute atomic E-state index is 0.129. The van der Waals surface area contributed by atoms with Crippen molar-refractivity contribution in [3.05, 3.63) is 35.4 Å². The molecule has 1 atom stereocenters. The fourth-order valence-corrected chi connectivity index (χ4v) is 2.20. The minimum atomic E-state index is -0.728. The molecule has 86 valence electrons. The van der Waals surface area contributed by atoms with Crippen LogP contribution in [0.15, 0.2) is 24.3 Å². The maximum Gasteiger partial charge on any atom is 0.311 e. The number of carboxylic acid groups (broad SMARTS) is 1. The van der Waals surface area contributed by atoms with E-state index in [4.69, 9.17) is 0 Å². The molecule has 1 N–H and O–H groups in total. The van der Waals surface area contributed by atoms with Gasteiger partial charge in [0.15, 0.2) is 0 Å². The predicted molar refractivity (Wildman–Crippen MR) is 63.6 cm³/mol. The molecule has 0 radical (unpaired) electrons. The molecule has 2 nitrogen and oxygen atoms in total. The molecular weight excluding hydrogens is 200 g/mol. The Labute approximate surface area is 96.3 Å². The zero-order valence-electron chi connectivity index (χ0n) is 9.81. The van der Waals surface area contributed by atoms with E-state index in [1.807, 2.05) is 26.0 Å². The van der Waals surface area contributed by atoms with Gasteiger partial charge in [0, 0.05) is 0 Å². The molecule has 2 heteroatoms. The van der Waals surface area contributed by atoms with Crippen molar-refractivity contribution in [2.24, 2.45) is 5.92 Å². The average Bonchev–Trinajstić information content (AvgIpc) is 3.01. The van der Waals surface area contributed by atoms with Gasteiger partial charge in [0.2, 0.25) is 0 Å². The molecule has 0 saturated heterocycles. The maximum atomic E-state index is 11.2. The third-order valence-corrected chi connectivity index (χ3v) is 3.28. The normalized spacial score (nSPS) is 17.4. The van der Waals surface area contributed by atoms with Crippen LogP contribution in [0, 0.1) is 5.92 Å². The van der Waals surface area contributed by atoms with Crippen molar-refractivity contribution in [1.29, 1.82) is 0 Å². The molecule has 16 heavy (non-hydrogen) atoms. The van der Waals surface area contributed by atoms with Crippen LogP contribution in [-0.4, -0.2) is 11.1 Å². The zero-order chi connectivity index (χ0) is 11.7. The summed E-state index contributed by atoms with van der Waals surface area (Å²) in [6.45, 7) is 3.90. The Kier molecular flexibility index (Phi) is 2.99. The van der Waals surface area contributed by atoms with Gasteiger partial charge in [0.1, 0.15) is 0 Å².